The Kier molecular flexibility index (Phi) is 2.70. The maximum Gasteiger partial charge on any atom is 0.0698 e. The molecule has 2 unspecified atom stereocenters. The van der Waals surface area contributed by atoms with Crippen molar-refractivity contribution in [3.63, 3.8) is 0 Å². The lowest BCUT2D eigenvalue weighted by atomic mass is 9.38. The Morgan fingerprint density at radius 1 is 0.833 bits per heavy atom. The highest BCUT2D eigenvalue weighted by atomic mass is 16.5. The Balaban J connectivity index is 1.94. The van der Waals surface area contributed by atoms with Crippen LogP contribution in [0, 0.1) is 16.2 Å². The molecule has 4 aliphatic carbocycles. The first kappa shape index (κ1) is 13.0. The topological polar surface area (TPSA) is 9.23 Å². The van der Waals surface area contributed by atoms with Gasteiger partial charge in [0.05, 0.1) is 5.60 Å². The first-order chi connectivity index (χ1) is 8.36. The summed E-state index contributed by atoms with van der Waals surface area (Å²) in [4.78, 5) is 0. The summed E-state index contributed by atoms with van der Waals surface area (Å²) in [5.41, 5.74) is 1.97. The standard InChI is InChI=1S/C17H30O/c1-5-7-18-17-11-14(3)8-15(4,12-17)10-16(6-2,9-14)13-17/h5-13H2,1-4H3. The summed E-state index contributed by atoms with van der Waals surface area (Å²) in [6.45, 7) is 10.7. The van der Waals surface area contributed by atoms with Crippen LogP contribution in [0.25, 0.3) is 0 Å². The number of rotatable bonds is 4. The molecule has 0 spiro atoms. The van der Waals surface area contributed by atoms with E-state index in [1.165, 1.54) is 44.9 Å². The maximum atomic E-state index is 6.45. The SMILES string of the molecule is CCCOC12CC3(C)CC(C)(CC(CC)(C3)C1)C2. The van der Waals surface area contributed by atoms with Crippen LogP contribution in [0.4, 0.5) is 0 Å². The van der Waals surface area contributed by atoms with Gasteiger partial charge in [-0.25, -0.2) is 0 Å². The lowest BCUT2D eigenvalue weighted by molar-refractivity contribution is -0.245. The summed E-state index contributed by atoms with van der Waals surface area (Å²) in [5.74, 6) is 0. The second kappa shape index (κ2) is 3.75. The quantitative estimate of drug-likeness (QED) is 0.686. The Bertz CT molecular complexity index is 328. The van der Waals surface area contributed by atoms with E-state index in [1.54, 1.807) is 0 Å². The minimum atomic E-state index is 0.240. The van der Waals surface area contributed by atoms with Crippen molar-refractivity contribution in [2.45, 2.75) is 84.7 Å². The first-order valence-corrected chi connectivity index (χ1v) is 8.00. The second-order valence-corrected chi connectivity index (χ2v) is 8.57. The predicted octanol–water partition coefficient (Wildman–Crippen LogP) is 4.94. The molecule has 0 aromatic rings. The van der Waals surface area contributed by atoms with E-state index in [1.807, 2.05) is 0 Å². The van der Waals surface area contributed by atoms with Crippen molar-refractivity contribution in [2.75, 3.05) is 6.61 Å². The van der Waals surface area contributed by atoms with Crippen LogP contribution in [0.15, 0.2) is 0 Å². The highest BCUT2D eigenvalue weighted by molar-refractivity contribution is 5.16. The Hall–Kier alpha value is -0.0400. The van der Waals surface area contributed by atoms with E-state index in [0.29, 0.717) is 16.2 Å². The number of hydrogen-bond acceptors (Lipinski definition) is 1. The van der Waals surface area contributed by atoms with E-state index in [4.69, 9.17) is 4.74 Å². The molecule has 0 aliphatic heterocycles. The normalized spacial score (nSPS) is 54.0. The van der Waals surface area contributed by atoms with Gasteiger partial charge in [-0.3, -0.25) is 0 Å². The molecular weight excluding hydrogens is 220 g/mol. The van der Waals surface area contributed by atoms with Crippen molar-refractivity contribution in [1.29, 1.82) is 0 Å². The molecule has 4 bridgehead atoms. The zero-order chi connectivity index (χ0) is 13.1. The van der Waals surface area contributed by atoms with Gasteiger partial charge in [0.1, 0.15) is 0 Å². The first-order valence-electron chi connectivity index (χ1n) is 8.00. The third-order valence-electron chi connectivity index (χ3n) is 6.01. The summed E-state index contributed by atoms with van der Waals surface area (Å²) in [7, 11) is 0. The molecule has 2 atom stereocenters. The van der Waals surface area contributed by atoms with Crippen LogP contribution >= 0.6 is 0 Å². The van der Waals surface area contributed by atoms with Crippen molar-refractivity contribution < 1.29 is 4.74 Å². The molecule has 0 amide bonds. The third kappa shape index (κ3) is 1.85. The highest BCUT2D eigenvalue weighted by Crippen LogP contribution is 2.72. The van der Waals surface area contributed by atoms with Crippen LogP contribution in [0.1, 0.15) is 79.1 Å². The summed E-state index contributed by atoms with van der Waals surface area (Å²) < 4.78 is 6.45. The van der Waals surface area contributed by atoms with Gasteiger partial charge >= 0.3 is 0 Å². The van der Waals surface area contributed by atoms with E-state index < -0.39 is 0 Å². The lowest BCUT2D eigenvalue weighted by Gasteiger charge is -2.69. The summed E-state index contributed by atoms with van der Waals surface area (Å²) >= 11 is 0. The van der Waals surface area contributed by atoms with Crippen molar-refractivity contribution in [1.82, 2.24) is 0 Å². The fourth-order valence-electron chi connectivity index (χ4n) is 6.68. The van der Waals surface area contributed by atoms with Crippen LogP contribution in [0.3, 0.4) is 0 Å². The van der Waals surface area contributed by atoms with E-state index >= 15 is 0 Å². The number of hydrogen-bond donors (Lipinski definition) is 0. The summed E-state index contributed by atoms with van der Waals surface area (Å²) in [6, 6.07) is 0. The van der Waals surface area contributed by atoms with Gasteiger partial charge < -0.3 is 4.74 Å². The molecule has 4 aliphatic rings. The monoisotopic (exact) mass is 250 g/mol. The smallest absolute Gasteiger partial charge is 0.0698 e. The molecule has 0 radical (unpaired) electrons. The predicted molar refractivity (Wildman–Crippen MR) is 75.6 cm³/mol. The van der Waals surface area contributed by atoms with Gasteiger partial charge in [0, 0.05) is 6.61 Å². The van der Waals surface area contributed by atoms with Gasteiger partial charge in [0.15, 0.2) is 0 Å². The van der Waals surface area contributed by atoms with Crippen molar-refractivity contribution >= 4 is 0 Å². The van der Waals surface area contributed by atoms with Gasteiger partial charge in [-0.2, -0.15) is 0 Å². The van der Waals surface area contributed by atoms with Gasteiger partial charge in [0.25, 0.3) is 0 Å². The summed E-state index contributed by atoms with van der Waals surface area (Å²) in [5, 5.41) is 0. The molecule has 0 heterocycles. The molecule has 4 saturated carbocycles. The van der Waals surface area contributed by atoms with Crippen LogP contribution in [-0.4, -0.2) is 12.2 Å². The maximum absolute atomic E-state index is 6.45. The lowest BCUT2D eigenvalue weighted by Crippen LogP contribution is -2.63. The van der Waals surface area contributed by atoms with Crippen molar-refractivity contribution in [3.05, 3.63) is 0 Å². The number of ether oxygens (including phenoxy) is 1. The molecule has 104 valence electrons. The Morgan fingerprint density at radius 3 is 1.94 bits per heavy atom. The van der Waals surface area contributed by atoms with Crippen LogP contribution in [0.5, 0.6) is 0 Å². The average molecular weight is 250 g/mol. The van der Waals surface area contributed by atoms with E-state index in [2.05, 4.69) is 27.7 Å². The molecule has 0 N–H and O–H groups in total. The van der Waals surface area contributed by atoms with E-state index in [0.717, 1.165) is 13.0 Å². The van der Waals surface area contributed by atoms with Crippen LogP contribution < -0.4 is 0 Å². The molecule has 4 fully saturated rings. The van der Waals surface area contributed by atoms with Gasteiger partial charge in [-0.15, -0.1) is 0 Å². The molecule has 0 aromatic heterocycles. The van der Waals surface area contributed by atoms with Crippen LogP contribution in [0.2, 0.25) is 0 Å². The van der Waals surface area contributed by atoms with Crippen molar-refractivity contribution in [2.24, 2.45) is 16.2 Å². The van der Waals surface area contributed by atoms with E-state index in [9.17, 15) is 0 Å². The van der Waals surface area contributed by atoms with Gasteiger partial charge in [-0.1, -0.05) is 34.1 Å². The fraction of sp³-hybridized carbons (Fsp3) is 1.00. The zero-order valence-electron chi connectivity index (χ0n) is 12.8. The second-order valence-electron chi connectivity index (χ2n) is 8.57. The molecule has 18 heavy (non-hydrogen) atoms. The molecule has 1 heteroatoms. The molecule has 0 aromatic carbocycles. The molecular formula is C17H30O. The highest BCUT2D eigenvalue weighted by Gasteiger charge is 2.65. The van der Waals surface area contributed by atoms with Gasteiger partial charge in [0.2, 0.25) is 0 Å². The largest absolute Gasteiger partial charge is 0.375 e. The fourth-order valence-corrected chi connectivity index (χ4v) is 6.68. The minimum Gasteiger partial charge on any atom is -0.375 e. The third-order valence-corrected chi connectivity index (χ3v) is 6.01. The van der Waals surface area contributed by atoms with Crippen molar-refractivity contribution in [3.8, 4) is 0 Å². The van der Waals surface area contributed by atoms with Gasteiger partial charge in [-0.05, 0) is 61.2 Å². The molecule has 1 nitrogen and oxygen atoms in total. The zero-order valence-corrected chi connectivity index (χ0v) is 12.8. The van der Waals surface area contributed by atoms with E-state index in [-0.39, 0.29) is 5.60 Å². The summed E-state index contributed by atoms with van der Waals surface area (Å²) in [6.07, 6.45) is 10.9. The Labute approximate surface area is 113 Å². The average Bonchev–Trinajstić information content (AvgIpc) is 2.21. The van der Waals surface area contributed by atoms with Crippen LogP contribution in [-0.2, 0) is 4.74 Å². The molecule has 0 saturated heterocycles. The molecule has 4 rings (SSSR count). The Morgan fingerprint density at radius 2 is 1.44 bits per heavy atom. The minimum absolute atomic E-state index is 0.240.